The van der Waals surface area contributed by atoms with Crippen LogP contribution in [0.3, 0.4) is 0 Å². The lowest BCUT2D eigenvalue weighted by Crippen LogP contribution is -2.42. The van der Waals surface area contributed by atoms with Crippen molar-refractivity contribution in [3.8, 4) is 6.07 Å². The molecule has 0 rings (SSSR count). The highest BCUT2D eigenvalue weighted by atomic mass is 28.4. The number of rotatable bonds is 5. The second-order valence-corrected chi connectivity index (χ2v) is 5.04. The Labute approximate surface area is 68.0 Å². The van der Waals surface area contributed by atoms with Crippen LogP contribution < -0.4 is 0 Å². The fourth-order valence-corrected chi connectivity index (χ4v) is 2.30. The highest BCUT2D eigenvalue weighted by Crippen LogP contribution is 2.13. The number of nitrogens with zero attached hydrogens (tertiary/aromatic N) is 1. The zero-order chi connectivity index (χ0) is 8.74. The lowest BCUT2D eigenvalue weighted by molar-refractivity contribution is 0.124. The average molecular weight is 175 g/mol. The summed E-state index contributed by atoms with van der Waals surface area (Å²) in [7, 11) is 2.15. The molecule has 0 saturated carbocycles. The minimum atomic E-state index is -2.46. The highest BCUT2D eigenvalue weighted by Gasteiger charge is 2.36. The van der Waals surface area contributed by atoms with Crippen molar-refractivity contribution in [1.82, 2.24) is 0 Å². The second kappa shape index (κ2) is 5.27. The fraction of sp³-hybridized carbons (Fsp3) is 0.833. The first kappa shape index (κ1) is 10.6. The molecule has 0 amide bonds. The second-order valence-electron chi connectivity index (χ2n) is 1.95. The van der Waals surface area contributed by atoms with E-state index in [-0.39, 0.29) is 0 Å². The van der Waals surface area contributed by atoms with Crippen molar-refractivity contribution in [2.24, 2.45) is 0 Å². The molecule has 0 radical (unpaired) electrons. The molecule has 0 unspecified atom stereocenters. The van der Waals surface area contributed by atoms with Gasteiger partial charge in [-0.2, -0.15) is 5.26 Å². The maximum atomic E-state index is 8.32. The molecule has 0 atom stereocenters. The van der Waals surface area contributed by atoms with Crippen molar-refractivity contribution in [3.05, 3.63) is 0 Å². The smallest absolute Gasteiger partial charge is 0.377 e. The third-order valence-corrected chi connectivity index (χ3v) is 4.20. The largest absolute Gasteiger partial charge is 0.501 e. The normalized spacial score (nSPS) is 11.1. The van der Waals surface area contributed by atoms with E-state index in [1.807, 2.05) is 6.07 Å². The molecular weight excluding hydrogens is 162 g/mol. The Balaban J connectivity index is 3.96. The lowest BCUT2D eigenvalue weighted by Gasteiger charge is -2.22. The van der Waals surface area contributed by atoms with Crippen LogP contribution in [0.5, 0.6) is 0 Å². The van der Waals surface area contributed by atoms with E-state index in [2.05, 4.69) is 0 Å². The van der Waals surface area contributed by atoms with Gasteiger partial charge in [0.15, 0.2) is 0 Å². The predicted molar refractivity (Wildman–Crippen MR) is 41.8 cm³/mol. The standard InChI is InChI=1S/C6H13NO3Si/c1-8-11(9-2,10-3)6-4-5-7/h4,6H2,1-3H3. The molecule has 0 N–H and O–H groups in total. The molecule has 0 bridgehead atoms. The van der Waals surface area contributed by atoms with Gasteiger partial charge in [0.2, 0.25) is 0 Å². The molecule has 5 heteroatoms. The van der Waals surface area contributed by atoms with E-state index < -0.39 is 8.80 Å². The van der Waals surface area contributed by atoms with Gasteiger partial charge in [-0.1, -0.05) is 0 Å². The van der Waals surface area contributed by atoms with E-state index in [1.165, 1.54) is 21.3 Å². The summed E-state index contributed by atoms with van der Waals surface area (Å²) >= 11 is 0. The average Bonchev–Trinajstić information content (AvgIpc) is 2.08. The molecule has 0 aromatic heterocycles. The zero-order valence-electron chi connectivity index (χ0n) is 7.09. The van der Waals surface area contributed by atoms with Gasteiger partial charge in [-0.15, -0.1) is 0 Å². The molecule has 0 spiro atoms. The van der Waals surface area contributed by atoms with E-state index in [0.717, 1.165) is 0 Å². The maximum absolute atomic E-state index is 8.32. The van der Waals surface area contributed by atoms with Crippen molar-refractivity contribution in [3.63, 3.8) is 0 Å². The van der Waals surface area contributed by atoms with E-state index in [1.54, 1.807) is 0 Å². The first-order valence-corrected chi connectivity index (χ1v) is 5.20. The SMILES string of the molecule is CO[Si](CCC#N)(OC)OC. The first-order valence-electron chi connectivity index (χ1n) is 3.27. The van der Waals surface area contributed by atoms with Gasteiger partial charge in [0.1, 0.15) is 0 Å². The summed E-state index contributed by atoms with van der Waals surface area (Å²) in [5.41, 5.74) is 0. The quantitative estimate of drug-likeness (QED) is 0.579. The first-order chi connectivity index (χ1) is 5.24. The van der Waals surface area contributed by atoms with Crippen LogP contribution in [0.1, 0.15) is 6.42 Å². The molecule has 0 aliphatic rings. The Bertz CT molecular complexity index is 133. The molecule has 64 valence electrons. The highest BCUT2D eigenvalue weighted by molar-refractivity contribution is 6.60. The van der Waals surface area contributed by atoms with Crippen molar-refractivity contribution in [2.45, 2.75) is 12.5 Å². The molecular formula is C6H13NO3Si. The Morgan fingerprint density at radius 2 is 1.64 bits per heavy atom. The monoisotopic (exact) mass is 175 g/mol. The molecule has 0 heterocycles. The number of hydrogen-bond donors (Lipinski definition) is 0. The maximum Gasteiger partial charge on any atom is 0.501 e. The van der Waals surface area contributed by atoms with Gasteiger partial charge in [-0.3, -0.25) is 0 Å². The Morgan fingerprint density at radius 1 is 1.18 bits per heavy atom. The summed E-state index contributed by atoms with van der Waals surface area (Å²) in [4.78, 5) is 0. The van der Waals surface area contributed by atoms with Gasteiger partial charge in [-0.25, -0.2) is 0 Å². The molecule has 0 aliphatic carbocycles. The van der Waals surface area contributed by atoms with E-state index in [9.17, 15) is 0 Å². The summed E-state index contributed by atoms with van der Waals surface area (Å²) in [5.74, 6) is 0. The number of hydrogen-bond acceptors (Lipinski definition) is 4. The fourth-order valence-electron chi connectivity index (χ4n) is 0.765. The van der Waals surface area contributed by atoms with Crippen molar-refractivity contribution < 1.29 is 13.3 Å². The summed E-state index contributed by atoms with van der Waals surface area (Å²) in [6, 6.07) is 2.57. The molecule has 0 fully saturated rings. The molecule has 11 heavy (non-hydrogen) atoms. The molecule has 0 saturated heterocycles. The van der Waals surface area contributed by atoms with Crippen LogP contribution in [0, 0.1) is 11.3 Å². The lowest BCUT2D eigenvalue weighted by atomic mass is 10.6. The Morgan fingerprint density at radius 3 is 1.91 bits per heavy atom. The van der Waals surface area contributed by atoms with Gasteiger partial charge in [-0.05, 0) is 0 Å². The summed E-state index contributed by atoms with van der Waals surface area (Å²) < 4.78 is 15.2. The van der Waals surface area contributed by atoms with Crippen molar-refractivity contribution in [2.75, 3.05) is 21.3 Å². The molecule has 4 nitrogen and oxygen atoms in total. The number of nitriles is 1. The van der Waals surface area contributed by atoms with E-state index >= 15 is 0 Å². The van der Waals surface area contributed by atoms with Gasteiger partial charge in [0.05, 0.1) is 6.07 Å². The zero-order valence-corrected chi connectivity index (χ0v) is 8.09. The minimum Gasteiger partial charge on any atom is -0.377 e. The summed E-state index contributed by atoms with van der Waals surface area (Å²) in [5, 5.41) is 8.32. The van der Waals surface area contributed by atoms with Crippen LogP contribution in [0.4, 0.5) is 0 Å². The van der Waals surface area contributed by atoms with Gasteiger partial charge < -0.3 is 13.3 Å². The molecule has 0 aromatic rings. The molecule has 0 aromatic carbocycles. The third-order valence-electron chi connectivity index (χ3n) is 1.48. The van der Waals surface area contributed by atoms with Gasteiger partial charge in [0, 0.05) is 33.8 Å². The minimum absolute atomic E-state index is 0.405. The van der Waals surface area contributed by atoms with Gasteiger partial charge in [0.25, 0.3) is 0 Å². The van der Waals surface area contributed by atoms with Crippen LogP contribution in [-0.4, -0.2) is 30.1 Å². The van der Waals surface area contributed by atoms with Crippen molar-refractivity contribution >= 4 is 8.80 Å². The topological polar surface area (TPSA) is 51.5 Å². The van der Waals surface area contributed by atoms with Crippen LogP contribution in [0.15, 0.2) is 0 Å². The van der Waals surface area contributed by atoms with Crippen LogP contribution in [0.2, 0.25) is 6.04 Å². The van der Waals surface area contributed by atoms with Crippen molar-refractivity contribution in [1.29, 1.82) is 5.26 Å². The van der Waals surface area contributed by atoms with Crippen LogP contribution >= 0.6 is 0 Å². The summed E-state index contributed by atoms with van der Waals surface area (Å²) in [6.45, 7) is 0. The van der Waals surface area contributed by atoms with Gasteiger partial charge >= 0.3 is 8.80 Å². The molecule has 0 aliphatic heterocycles. The van der Waals surface area contributed by atoms with Crippen LogP contribution in [0.25, 0.3) is 0 Å². The van der Waals surface area contributed by atoms with E-state index in [0.29, 0.717) is 12.5 Å². The van der Waals surface area contributed by atoms with E-state index in [4.69, 9.17) is 18.5 Å². The summed E-state index contributed by atoms with van der Waals surface area (Å²) in [6.07, 6.45) is 0.405. The Hall–Kier alpha value is -0.413. The third kappa shape index (κ3) is 2.99. The van der Waals surface area contributed by atoms with Crippen LogP contribution in [-0.2, 0) is 13.3 Å². The Kier molecular flexibility index (Phi) is 5.07. The predicted octanol–water partition coefficient (Wildman–Crippen LogP) is 0.778.